The van der Waals surface area contributed by atoms with Crippen molar-refractivity contribution in [2.75, 3.05) is 7.11 Å². The van der Waals surface area contributed by atoms with E-state index in [4.69, 9.17) is 5.73 Å². The normalized spacial score (nSPS) is 13.1. The predicted molar refractivity (Wildman–Crippen MR) is 52.6 cm³/mol. The van der Waals surface area contributed by atoms with Gasteiger partial charge in [0.05, 0.1) is 7.11 Å². The number of nitrogens with zero attached hydrogens (tertiary/aromatic N) is 1. The topological polar surface area (TPSA) is 81.8 Å². The molecule has 1 unspecified atom stereocenters. The van der Waals surface area contributed by atoms with Crippen LogP contribution in [0.3, 0.4) is 0 Å². The largest absolute Gasteiger partial charge is 0.468 e. The first-order valence-corrected chi connectivity index (χ1v) is 4.13. The third-order valence-corrected chi connectivity index (χ3v) is 1.67. The Labute approximate surface area is 82.6 Å². The number of nitrogens with two attached hydrogens (primary N) is 1. The van der Waals surface area contributed by atoms with E-state index in [0.29, 0.717) is 12.1 Å². The minimum atomic E-state index is -1.11. The SMILES string of the molecule is C=C/N=C(\CC)C(C(N)=O)C(=O)OC. The molecule has 0 aromatic rings. The van der Waals surface area contributed by atoms with Gasteiger partial charge in [-0.05, 0) is 6.42 Å². The van der Waals surface area contributed by atoms with Crippen LogP contribution < -0.4 is 5.73 Å². The Balaban J connectivity index is 4.97. The van der Waals surface area contributed by atoms with Gasteiger partial charge in [0.1, 0.15) is 0 Å². The summed E-state index contributed by atoms with van der Waals surface area (Å²) in [7, 11) is 1.19. The highest BCUT2D eigenvalue weighted by Crippen LogP contribution is 2.06. The summed E-state index contributed by atoms with van der Waals surface area (Å²) in [5.41, 5.74) is 5.43. The number of hydrogen-bond acceptors (Lipinski definition) is 4. The van der Waals surface area contributed by atoms with E-state index in [0.717, 1.165) is 0 Å². The van der Waals surface area contributed by atoms with Gasteiger partial charge in [-0.2, -0.15) is 0 Å². The number of amides is 1. The van der Waals surface area contributed by atoms with Gasteiger partial charge in [0.2, 0.25) is 5.91 Å². The molecule has 0 saturated heterocycles. The average molecular weight is 198 g/mol. The average Bonchev–Trinajstić information content (AvgIpc) is 2.16. The van der Waals surface area contributed by atoms with Crippen molar-refractivity contribution < 1.29 is 14.3 Å². The van der Waals surface area contributed by atoms with E-state index in [-0.39, 0.29) is 0 Å². The van der Waals surface area contributed by atoms with E-state index in [1.165, 1.54) is 13.3 Å². The highest BCUT2D eigenvalue weighted by Gasteiger charge is 2.29. The van der Waals surface area contributed by atoms with Gasteiger partial charge in [-0.1, -0.05) is 13.5 Å². The first kappa shape index (κ1) is 12.3. The van der Waals surface area contributed by atoms with Crippen LogP contribution in [0.5, 0.6) is 0 Å². The molecular weight excluding hydrogens is 184 g/mol. The molecule has 0 aliphatic heterocycles. The number of methoxy groups -OCH3 is 1. The monoisotopic (exact) mass is 198 g/mol. The zero-order chi connectivity index (χ0) is 11.1. The third-order valence-electron chi connectivity index (χ3n) is 1.67. The molecule has 1 amide bonds. The molecule has 14 heavy (non-hydrogen) atoms. The van der Waals surface area contributed by atoms with E-state index >= 15 is 0 Å². The molecule has 0 bridgehead atoms. The molecule has 0 rings (SSSR count). The maximum atomic E-state index is 11.2. The quantitative estimate of drug-likeness (QED) is 0.390. The first-order chi connectivity index (χ1) is 6.58. The molecule has 78 valence electrons. The lowest BCUT2D eigenvalue weighted by Crippen LogP contribution is -2.37. The van der Waals surface area contributed by atoms with Crippen molar-refractivity contribution >= 4 is 17.6 Å². The number of aliphatic imine (C=N–C) groups is 1. The molecule has 0 heterocycles. The van der Waals surface area contributed by atoms with Crippen molar-refractivity contribution in [2.45, 2.75) is 13.3 Å². The summed E-state index contributed by atoms with van der Waals surface area (Å²) in [5.74, 6) is -2.57. The minimum absolute atomic E-state index is 0.361. The fourth-order valence-electron chi connectivity index (χ4n) is 1.02. The van der Waals surface area contributed by atoms with E-state index in [2.05, 4.69) is 16.3 Å². The Morgan fingerprint density at radius 1 is 1.64 bits per heavy atom. The van der Waals surface area contributed by atoms with Crippen molar-refractivity contribution in [1.82, 2.24) is 0 Å². The van der Waals surface area contributed by atoms with Crippen LogP contribution in [0.15, 0.2) is 17.8 Å². The highest BCUT2D eigenvalue weighted by molar-refractivity contribution is 6.18. The lowest BCUT2D eigenvalue weighted by Gasteiger charge is -2.11. The smallest absolute Gasteiger partial charge is 0.324 e. The van der Waals surface area contributed by atoms with Crippen molar-refractivity contribution in [2.24, 2.45) is 16.6 Å². The molecule has 5 nitrogen and oxygen atoms in total. The van der Waals surface area contributed by atoms with E-state index < -0.39 is 17.8 Å². The van der Waals surface area contributed by atoms with Crippen molar-refractivity contribution in [1.29, 1.82) is 0 Å². The molecule has 2 N–H and O–H groups in total. The van der Waals surface area contributed by atoms with Crippen molar-refractivity contribution in [3.8, 4) is 0 Å². The fraction of sp³-hybridized carbons (Fsp3) is 0.444. The zero-order valence-electron chi connectivity index (χ0n) is 8.32. The number of hydrogen-bond donors (Lipinski definition) is 1. The molecule has 0 aromatic heterocycles. The van der Waals surface area contributed by atoms with Gasteiger partial charge in [0.15, 0.2) is 5.92 Å². The van der Waals surface area contributed by atoms with Gasteiger partial charge in [0, 0.05) is 11.9 Å². The second-order valence-corrected chi connectivity index (χ2v) is 2.52. The van der Waals surface area contributed by atoms with Crippen LogP contribution in [0.2, 0.25) is 0 Å². The van der Waals surface area contributed by atoms with Crippen LogP contribution in [0.1, 0.15) is 13.3 Å². The Morgan fingerprint density at radius 2 is 2.21 bits per heavy atom. The van der Waals surface area contributed by atoms with Crippen LogP contribution in [-0.4, -0.2) is 24.7 Å². The summed E-state index contributed by atoms with van der Waals surface area (Å²) in [6.45, 7) is 5.15. The first-order valence-electron chi connectivity index (χ1n) is 4.13. The maximum Gasteiger partial charge on any atom is 0.324 e. The van der Waals surface area contributed by atoms with E-state index in [1.54, 1.807) is 6.92 Å². The van der Waals surface area contributed by atoms with Gasteiger partial charge in [-0.3, -0.25) is 14.6 Å². The Hall–Kier alpha value is -1.65. The molecule has 0 aromatic carbocycles. The van der Waals surface area contributed by atoms with Gasteiger partial charge in [-0.25, -0.2) is 0 Å². The van der Waals surface area contributed by atoms with Gasteiger partial charge >= 0.3 is 5.97 Å². The lowest BCUT2D eigenvalue weighted by atomic mass is 10.0. The van der Waals surface area contributed by atoms with Crippen molar-refractivity contribution in [3.63, 3.8) is 0 Å². The van der Waals surface area contributed by atoms with Crippen LogP contribution in [0, 0.1) is 5.92 Å². The molecule has 1 atom stereocenters. The zero-order valence-corrected chi connectivity index (χ0v) is 8.32. The minimum Gasteiger partial charge on any atom is -0.468 e. The van der Waals surface area contributed by atoms with Crippen LogP contribution in [0.25, 0.3) is 0 Å². The van der Waals surface area contributed by atoms with Crippen LogP contribution in [0.4, 0.5) is 0 Å². The third kappa shape index (κ3) is 3.01. The predicted octanol–water partition coefficient (Wildman–Crippen LogP) is 0.255. The highest BCUT2D eigenvalue weighted by atomic mass is 16.5. The lowest BCUT2D eigenvalue weighted by molar-refractivity contribution is -0.146. The molecule has 0 aliphatic carbocycles. The molecule has 0 aliphatic rings. The molecule has 0 saturated carbocycles. The molecule has 0 spiro atoms. The van der Waals surface area contributed by atoms with Crippen LogP contribution >= 0.6 is 0 Å². The number of ether oxygens (including phenoxy) is 1. The summed E-state index contributed by atoms with van der Waals surface area (Å²) >= 11 is 0. The van der Waals surface area contributed by atoms with Gasteiger partial charge in [-0.15, -0.1) is 0 Å². The summed E-state index contributed by atoms with van der Waals surface area (Å²) in [6, 6.07) is 0. The number of rotatable bonds is 5. The Morgan fingerprint density at radius 3 is 2.50 bits per heavy atom. The maximum absolute atomic E-state index is 11.2. The number of primary amides is 1. The molecule has 5 heteroatoms. The summed E-state index contributed by atoms with van der Waals surface area (Å²) < 4.78 is 4.45. The molecule has 0 fully saturated rings. The number of carbonyl (C=O) groups is 2. The summed E-state index contributed by atoms with van der Waals surface area (Å²) in [5, 5.41) is 0. The summed E-state index contributed by atoms with van der Waals surface area (Å²) in [6.07, 6.45) is 1.70. The van der Waals surface area contributed by atoms with E-state index in [9.17, 15) is 9.59 Å². The Kier molecular flexibility index (Phi) is 5.21. The number of carbonyl (C=O) groups excluding carboxylic acids is 2. The molecular formula is C9H14N2O3. The number of esters is 1. The fourth-order valence-corrected chi connectivity index (χ4v) is 1.02. The van der Waals surface area contributed by atoms with Crippen molar-refractivity contribution in [3.05, 3.63) is 12.8 Å². The Bertz CT molecular complexity index is 271. The van der Waals surface area contributed by atoms with Gasteiger partial charge in [0.25, 0.3) is 0 Å². The summed E-state index contributed by atoms with van der Waals surface area (Å²) in [4.78, 5) is 26.0. The van der Waals surface area contributed by atoms with E-state index in [1.807, 2.05) is 0 Å². The second-order valence-electron chi connectivity index (χ2n) is 2.52. The van der Waals surface area contributed by atoms with Gasteiger partial charge < -0.3 is 10.5 Å². The standard InChI is InChI=1S/C9H14N2O3/c1-4-6(11-5-2)7(8(10)12)9(13)14-3/h5,7H,2,4H2,1,3H3,(H2,10,12)/b11-6+. The van der Waals surface area contributed by atoms with Crippen LogP contribution in [-0.2, 0) is 14.3 Å². The molecule has 0 radical (unpaired) electrons. The second kappa shape index (κ2) is 5.90.